The van der Waals surface area contributed by atoms with Crippen molar-refractivity contribution in [3.63, 3.8) is 0 Å². The molecule has 22 heavy (non-hydrogen) atoms. The van der Waals surface area contributed by atoms with Crippen LogP contribution < -0.4 is 0 Å². The third-order valence-corrected chi connectivity index (χ3v) is 5.95. The number of nitrogens with zero attached hydrogens (tertiary/aromatic N) is 1. The summed E-state index contributed by atoms with van der Waals surface area (Å²) in [4.78, 5) is 0.325. The van der Waals surface area contributed by atoms with Crippen molar-refractivity contribution in [3.05, 3.63) is 64.2 Å². The van der Waals surface area contributed by atoms with Gasteiger partial charge in [-0.25, -0.2) is 8.42 Å². The molecule has 3 rings (SSSR count). The minimum absolute atomic E-state index is 0.0289. The van der Waals surface area contributed by atoms with E-state index < -0.39 is 10.0 Å². The molecule has 0 atom stereocenters. The van der Waals surface area contributed by atoms with E-state index in [4.69, 9.17) is 0 Å². The Hall–Kier alpha value is -1.69. The number of rotatable bonds is 3. The number of aryl methyl sites for hydroxylation is 2. The molecule has 0 bridgehead atoms. The standard InChI is InChI=1S/C17H19NO3S/c1-12-3-5-16(6-4-12)22(20,21)18-9-15-8-14(11-19)7-13(2)17(15)10-18/h3-8,19H,9-11H2,1-2H3. The van der Waals surface area contributed by atoms with E-state index >= 15 is 0 Å². The van der Waals surface area contributed by atoms with E-state index in [1.165, 1.54) is 4.31 Å². The number of sulfonamides is 1. The lowest BCUT2D eigenvalue weighted by Gasteiger charge is -2.15. The van der Waals surface area contributed by atoms with Gasteiger partial charge in [0.1, 0.15) is 0 Å². The monoisotopic (exact) mass is 317 g/mol. The summed E-state index contributed by atoms with van der Waals surface area (Å²) in [5.41, 5.74) is 4.92. The maximum Gasteiger partial charge on any atom is 0.243 e. The van der Waals surface area contributed by atoms with Crippen molar-refractivity contribution in [2.45, 2.75) is 38.4 Å². The summed E-state index contributed by atoms with van der Waals surface area (Å²) < 4.78 is 27.0. The lowest BCUT2D eigenvalue weighted by molar-refractivity contribution is 0.281. The van der Waals surface area contributed by atoms with Crippen LogP contribution in [-0.2, 0) is 29.7 Å². The molecular formula is C17H19NO3S. The molecule has 0 fully saturated rings. The molecule has 1 heterocycles. The second-order valence-electron chi connectivity index (χ2n) is 5.79. The Balaban J connectivity index is 1.95. The van der Waals surface area contributed by atoms with E-state index in [0.29, 0.717) is 18.0 Å². The quantitative estimate of drug-likeness (QED) is 0.946. The van der Waals surface area contributed by atoms with Gasteiger partial charge >= 0.3 is 0 Å². The van der Waals surface area contributed by atoms with Gasteiger partial charge in [0.2, 0.25) is 10.0 Å². The van der Waals surface area contributed by atoms with Gasteiger partial charge < -0.3 is 5.11 Å². The summed E-state index contributed by atoms with van der Waals surface area (Å²) in [5.74, 6) is 0. The molecule has 0 saturated carbocycles. The summed E-state index contributed by atoms with van der Waals surface area (Å²) in [7, 11) is -3.49. The molecule has 0 aromatic heterocycles. The zero-order valence-electron chi connectivity index (χ0n) is 12.7. The lowest BCUT2D eigenvalue weighted by Crippen LogP contribution is -2.25. The smallest absolute Gasteiger partial charge is 0.243 e. The van der Waals surface area contributed by atoms with Crippen molar-refractivity contribution < 1.29 is 13.5 Å². The van der Waals surface area contributed by atoms with Crippen molar-refractivity contribution in [2.75, 3.05) is 0 Å². The van der Waals surface area contributed by atoms with Crippen molar-refractivity contribution in [1.82, 2.24) is 4.31 Å². The van der Waals surface area contributed by atoms with E-state index in [1.807, 2.05) is 38.1 Å². The maximum absolute atomic E-state index is 12.8. The molecule has 1 aliphatic heterocycles. The fraction of sp³-hybridized carbons (Fsp3) is 0.294. The third kappa shape index (κ3) is 2.56. The van der Waals surface area contributed by atoms with Crippen LogP contribution in [0.3, 0.4) is 0 Å². The highest BCUT2D eigenvalue weighted by molar-refractivity contribution is 7.89. The molecule has 0 aliphatic carbocycles. The molecule has 0 amide bonds. The molecule has 0 radical (unpaired) electrons. The minimum Gasteiger partial charge on any atom is -0.392 e. The Kier molecular flexibility index (Phi) is 3.80. The molecule has 2 aromatic rings. The van der Waals surface area contributed by atoms with E-state index in [0.717, 1.165) is 27.8 Å². The molecule has 0 spiro atoms. The first-order valence-electron chi connectivity index (χ1n) is 7.21. The molecule has 2 aromatic carbocycles. The van der Waals surface area contributed by atoms with E-state index in [2.05, 4.69) is 0 Å². The first kappa shape index (κ1) is 15.2. The molecular weight excluding hydrogens is 298 g/mol. The summed E-state index contributed by atoms with van der Waals surface area (Å²) in [6, 6.07) is 10.7. The number of hydrogen-bond donors (Lipinski definition) is 1. The van der Waals surface area contributed by atoms with Gasteiger partial charge in [0.05, 0.1) is 11.5 Å². The van der Waals surface area contributed by atoms with E-state index in [9.17, 15) is 13.5 Å². The van der Waals surface area contributed by atoms with Gasteiger partial charge in [-0.2, -0.15) is 4.31 Å². The van der Waals surface area contributed by atoms with Crippen molar-refractivity contribution in [1.29, 1.82) is 0 Å². The van der Waals surface area contributed by atoms with Crippen molar-refractivity contribution >= 4 is 10.0 Å². The summed E-state index contributed by atoms with van der Waals surface area (Å²) in [5, 5.41) is 9.29. The Morgan fingerprint density at radius 1 is 1.09 bits per heavy atom. The van der Waals surface area contributed by atoms with Gasteiger partial charge in [0.25, 0.3) is 0 Å². The second-order valence-corrected chi connectivity index (χ2v) is 7.73. The zero-order valence-corrected chi connectivity index (χ0v) is 13.5. The molecule has 1 N–H and O–H groups in total. The number of aliphatic hydroxyl groups excluding tert-OH is 1. The van der Waals surface area contributed by atoms with Crippen LogP contribution in [0.1, 0.15) is 27.8 Å². The largest absolute Gasteiger partial charge is 0.392 e. The van der Waals surface area contributed by atoms with Crippen LogP contribution in [0.5, 0.6) is 0 Å². The molecule has 116 valence electrons. The predicted molar refractivity (Wildman–Crippen MR) is 84.7 cm³/mol. The van der Waals surface area contributed by atoms with Gasteiger partial charge in [-0.1, -0.05) is 29.8 Å². The van der Waals surface area contributed by atoms with Crippen LogP contribution in [0, 0.1) is 13.8 Å². The highest BCUT2D eigenvalue weighted by atomic mass is 32.2. The number of fused-ring (bicyclic) bond motifs is 1. The number of benzene rings is 2. The SMILES string of the molecule is Cc1ccc(S(=O)(=O)N2Cc3cc(CO)cc(C)c3C2)cc1. The first-order valence-corrected chi connectivity index (χ1v) is 8.65. The van der Waals surface area contributed by atoms with Crippen LogP contribution >= 0.6 is 0 Å². The normalized spacial score (nSPS) is 15.0. The third-order valence-electron chi connectivity index (χ3n) is 4.15. The number of aliphatic hydroxyl groups is 1. The zero-order chi connectivity index (χ0) is 15.9. The topological polar surface area (TPSA) is 57.6 Å². The summed E-state index contributed by atoms with van der Waals surface area (Å²) in [6.45, 7) is 4.62. The molecule has 0 saturated heterocycles. The van der Waals surface area contributed by atoms with E-state index in [1.54, 1.807) is 12.1 Å². The van der Waals surface area contributed by atoms with Gasteiger partial charge in [-0.3, -0.25) is 0 Å². The van der Waals surface area contributed by atoms with Gasteiger partial charge in [-0.05, 0) is 48.2 Å². The predicted octanol–water partition coefficient (Wildman–Crippen LogP) is 2.50. The second kappa shape index (κ2) is 5.50. The molecule has 1 aliphatic rings. The fourth-order valence-electron chi connectivity index (χ4n) is 2.88. The van der Waals surface area contributed by atoms with Gasteiger partial charge in [0.15, 0.2) is 0 Å². The van der Waals surface area contributed by atoms with Crippen LogP contribution in [-0.4, -0.2) is 17.8 Å². The number of hydrogen-bond acceptors (Lipinski definition) is 3. The first-order chi connectivity index (χ1) is 10.4. The summed E-state index contributed by atoms with van der Waals surface area (Å²) in [6.07, 6.45) is 0. The maximum atomic E-state index is 12.8. The highest BCUT2D eigenvalue weighted by Crippen LogP contribution is 2.31. The average Bonchev–Trinajstić information content (AvgIpc) is 2.93. The Labute approximate surface area is 131 Å². The van der Waals surface area contributed by atoms with Gasteiger partial charge in [-0.15, -0.1) is 0 Å². The average molecular weight is 317 g/mol. The molecule has 4 nitrogen and oxygen atoms in total. The lowest BCUT2D eigenvalue weighted by atomic mass is 10.0. The van der Waals surface area contributed by atoms with Crippen molar-refractivity contribution in [3.8, 4) is 0 Å². The van der Waals surface area contributed by atoms with Crippen LogP contribution in [0.15, 0.2) is 41.3 Å². The van der Waals surface area contributed by atoms with Gasteiger partial charge in [0, 0.05) is 13.1 Å². The van der Waals surface area contributed by atoms with E-state index in [-0.39, 0.29) is 6.61 Å². The summed E-state index contributed by atoms with van der Waals surface area (Å²) >= 11 is 0. The fourth-order valence-corrected chi connectivity index (χ4v) is 4.27. The van der Waals surface area contributed by atoms with Crippen LogP contribution in [0.2, 0.25) is 0 Å². The van der Waals surface area contributed by atoms with Crippen LogP contribution in [0.4, 0.5) is 0 Å². The molecule has 5 heteroatoms. The highest BCUT2D eigenvalue weighted by Gasteiger charge is 2.31. The molecule has 0 unspecified atom stereocenters. The Bertz CT molecular complexity index is 811. The van der Waals surface area contributed by atoms with Crippen LogP contribution in [0.25, 0.3) is 0 Å². The Morgan fingerprint density at radius 3 is 2.41 bits per heavy atom. The minimum atomic E-state index is -3.49. The van der Waals surface area contributed by atoms with Crippen molar-refractivity contribution in [2.24, 2.45) is 0 Å². The Morgan fingerprint density at radius 2 is 1.77 bits per heavy atom.